The normalized spacial score (nSPS) is 43.9. The number of hydrogen-bond donors (Lipinski definition) is 1. The summed E-state index contributed by atoms with van der Waals surface area (Å²) in [6.45, 7) is 2.45. The fraction of sp³-hybridized carbons (Fsp3) is 1.00. The van der Waals surface area contributed by atoms with Crippen molar-refractivity contribution in [3.05, 3.63) is 0 Å². The van der Waals surface area contributed by atoms with Crippen molar-refractivity contribution >= 4 is 0 Å². The van der Waals surface area contributed by atoms with Gasteiger partial charge in [0.25, 0.3) is 0 Å². The third kappa shape index (κ3) is 1.08. The average Bonchev–Trinajstić information content (AvgIpc) is 2.48. The second-order valence-corrected chi connectivity index (χ2v) is 3.47. The van der Waals surface area contributed by atoms with Crippen molar-refractivity contribution in [3.63, 3.8) is 0 Å². The Bertz CT molecular complexity index is 148. The van der Waals surface area contributed by atoms with E-state index in [2.05, 4.69) is 0 Å². The Morgan fingerprint density at radius 1 is 1.45 bits per heavy atom. The van der Waals surface area contributed by atoms with Gasteiger partial charge in [0.15, 0.2) is 0 Å². The molecule has 2 fully saturated rings. The second-order valence-electron chi connectivity index (χ2n) is 3.47. The van der Waals surface area contributed by atoms with Gasteiger partial charge in [-0.1, -0.05) is 0 Å². The van der Waals surface area contributed by atoms with E-state index in [1.807, 2.05) is 0 Å². The van der Waals surface area contributed by atoms with Crippen LogP contribution in [0.2, 0.25) is 0 Å². The first-order chi connectivity index (χ1) is 5.37. The van der Waals surface area contributed by atoms with E-state index >= 15 is 0 Å². The molecule has 2 aliphatic rings. The SMILES string of the molecule is OC[C@@]12CCO[C@H]1CCOC2. The summed E-state index contributed by atoms with van der Waals surface area (Å²) in [5, 5.41) is 9.19. The van der Waals surface area contributed by atoms with Crippen molar-refractivity contribution in [2.45, 2.75) is 18.9 Å². The van der Waals surface area contributed by atoms with Gasteiger partial charge in [-0.25, -0.2) is 0 Å². The highest BCUT2D eigenvalue weighted by Gasteiger charge is 2.45. The Balaban J connectivity index is 2.12. The first-order valence-corrected chi connectivity index (χ1v) is 4.18. The first kappa shape index (κ1) is 7.53. The van der Waals surface area contributed by atoms with Gasteiger partial charge in [-0.2, -0.15) is 0 Å². The molecule has 0 aromatic carbocycles. The third-order valence-corrected chi connectivity index (χ3v) is 2.83. The van der Waals surface area contributed by atoms with Crippen molar-refractivity contribution in [2.75, 3.05) is 26.4 Å². The molecule has 3 nitrogen and oxygen atoms in total. The Kier molecular flexibility index (Phi) is 1.87. The van der Waals surface area contributed by atoms with Crippen molar-refractivity contribution in [2.24, 2.45) is 5.41 Å². The van der Waals surface area contributed by atoms with E-state index < -0.39 is 0 Å². The van der Waals surface area contributed by atoms with Crippen LogP contribution in [-0.2, 0) is 9.47 Å². The quantitative estimate of drug-likeness (QED) is 0.591. The lowest BCUT2D eigenvalue weighted by Crippen LogP contribution is -2.43. The first-order valence-electron chi connectivity index (χ1n) is 4.18. The summed E-state index contributed by atoms with van der Waals surface area (Å²) >= 11 is 0. The average molecular weight is 158 g/mol. The topological polar surface area (TPSA) is 38.7 Å². The molecule has 0 aromatic heterocycles. The van der Waals surface area contributed by atoms with Crippen LogP contribution < -0.4 is 0 Å². The summed E-state index contributed by atoms with van der Waals surface area (Å²) in [5.41, 5.74) is -0.0573. The van der Waals surface area contributed by atoms with Crippen LogP contribution in [-0.4, -0.2) is 37.6 Å². The van der Waals surface area contributed by atoms with Gasteiger partial charge in [-0.05, 0) is 12.8 Å². The fourth-order valence-corrected chi connectivity index (χ4v) is 1.99. The van der Waals surface area contributed by atoms with Crippen molar-refractivity contribution < 1.29 is 14.6 Å². The molecule has 0 amide bonds. The van der Waals surface area contributed by atoms with Gasteiger partial charge in [-0.15, -0.1) is 0 Å². The zero-order valence-corrected chi connectivity index (χ0v) is 6.58. The van der Waals surface area contributed by atoms with Crippen molar-refractivity contribution in [1.29, 1.82) is 0 Å². The predicted octanol–water partition coefficient (Wildman–Crippen LogP) is 0.174. The molecule has 0 aromatic rings. The highest BCUT2D eigenvalue weighted by Crippen LogP contribution is 2.39. The van der Waals surface area contributed by atoms with Crippen LogP contribution in [0.1, 0.15) is 12.8 Å². The van der Waals surface area contributed by atoms with E-state index in [4.69, 9.17) is 9.47 Å². The molecule has 0 unspecified atom stereocenters. The molecular weight excluding hydrogens is 144 g/mol. The molecule has 2 aliphatic heterocycles. The van der Waals surface area contributed by atoms with Gasteiger partial charge in [0.2, 0.25) is 0 Å². The molecule has 3 heteroatoms. The van der Waals surface area contributed by atoms with E-state index in [9.17, 15) is 5.11 Å². The Morgan fingerprint density at radius 3 is 3.09 bits per heavy atom. The molecule has 0 aliphatic carbocycles. The lowest BCUT2D eigenvalue weighted by Gasteiger charge is -2.35. The largest absolute Gasteiger partial charge is 0.396 e. The molecule has 0 radical (unpaired) electrons. The monoisotopic (exact) mass is 158 g/mol. The maximum absolute atomic E-state index is 9.19. The van der Waals surface area contributed by atoms with Gasteiger partial charge < -0.3 is 14.6 Å². The van der Waals surface area contributed by atoms with Crippen LogP contribution >= 0.6 is 0 Å². The standard InChI is InChI=1S/C8H14O3/c9-5-8-2-4-11-7(8)1-3-10-6-8/h7,9H,1-6H2/t7-,8+/m0/s1. The maximum atomic E-state index is 9.19. The van der Waals surface area contributed by atoms with Crippen LogP contribution in [0, 0.1) is 5.41 Å². The smallest absolute Gasteiger partial charge is 0.0698 e. The Hall–Kier alpha value is -0.120. The zero-order valence-electron chi connectivity index (χ0n) is 6.58. The number of hydrogen-bond acceptors (Lipinski definition) is 3. The Morgan fingerprint density at radius 2 is 2.36 bits per heavy atom. The fourth-order valence-electron chi connectivity index (χ4n) is 1.99. The van der Waals surface area contributed by atoms with Crippen LogP contribution in [0.5, 0.6) is 0 Å². The van der Waals surface area contributed by atoms with Crippen LogP contribution in [0.15, 0.2) is 0 Å². The van der Waals surface area contributed by atoms with E-state index in [-0.39, 0.29) is 18.1 Å². The minimum Gasteiger partial charge on any atom is -0.396 e. The van der Waals surface area contributed by atoms with E-state index in [0.717, 1.165) is 26.1 Å². The summed E-state index contributed by atoms with van der Waals surface area (Å²) in [4.78, 5) is 0. The highest BCUT2D eigenvalue weighted by atomic mass is 16.5. The second kappa shape index (κ2) is 2.73. The van der Waals surface area contributed by atoms with Crippen molar-refractivity contribution in [3.8, 4) is 0 Å². The van der Waals surface area contributed by atoms with E-state index in [1.54, 1.807) is 0 Å². The minimum absolute atomic E-state index is 0.0573. The predicted molar refractivity (Wildman–Crippen MR) is 39.3 cm³/mol. The molecule has 0 spiro atoms. The van der Waals surface area contributed by atoms with Gasteiger partial charge >= 0.3 is 0 Å². The lowest BCUT2D eigenvalue weighted by molar-refractivity contribution is -0.0929. The molecule has 1 N–H and O–H groups in total. The van der Waals surface area contributed by atoms with Crippen molar-refractivity contribution in [1.82, 2.24) is 0 Å². The molecule has 64 valence electrons. The summed E-state index contributed by atoms with van der Waals surface area (Å²) < 4.78 is 10.8. The van der Waals surface area contributed by atoms with Crippen LogP contribution in [0.4, 0.5) is 0 Å². The maximum Gasteiger partial charge on any atom is 0.0698 e. The van der Waals surface area contributed by atoms with Gasteiger partial charge in [0.1, 0.15) is 0 Å². The van der Waals surface area contributed by atoms with Gasteiger partial charge in [0, 0.05) is 18.6 Å². The van der Waals surface area contributed by atoms with E-state index in [0.29, 0.717) is 6.61 Å². The molecule has 11 heavy (non-hydrogen) atoms. The molecule has 0 saturated carbocycles. The molecular formula is C8H14O3. The van der Waals surface area contributed by atoms with E-state index in [1.165, 1.54) is 0 Å². The number of fused-ring (bicyclic) bond motifs is 1. The summed E-state index contributed by atoms with van der Waals surface area (Å²) in [7, 11) is 0. The number of rotatable bonds is 1. The summed E-state index contributed by atoms with van der Waals surface area (Å²) in [6, 6.07) is 0. The van der Waals surface area contributed by atoms with Gasteiger partial charge in [-0.3, -0.25) is 0 Å². The van der Waals surface area contributed by atoms with Gasteiger partial charge in [0.05, 0.1) is 19.3 Å². The number of aliphatic hydroxyl groups excluding tert-OH is 1. The summed E-state index contributed by atoms with van der Waals surface area (Å²) in [6.07, 6.45) is 2.15. The zero-order chi connectivity index (χ0) is 7.73. The van der Waals surface area contributed by atoms with Crippen LogP contribution in [0.25, 0.3) is 0 Å². The van der Waals surface area contributed by atoms with Crippen LogP contribution in [0.3, 0.4) is 0 Å². The molecule has 0 bridgehead atoms. The number of ether oxygens (including phenoxy) is 2. The summed E-state index contributed by atoms with van der Waals surface area (Å²) in [5.74, 6) is 0. The highest BCUT2D eigenvalue weighted by molar-refractivity contribution is 4.93. The Labute approximate surface area is 66.3 Å². The molecule has 2 atom stereocenters. The lowest BCUT2D eigenvalue weighted by atomic mass is 9.80. The minimum atomic E-state index is -0.0573. The number of aliphatic hydroxyl groups is 1. The molecule has 2 rings (SSSR count). The molecule has 2 saturated heterocycles. The third-order valence-electron chi connectivity index (χ3n) is 2.83. The molecule has 2 heterocycles.